The van der Waals surface area contributed by atoms with Crippen LogP contribution in [0.5, 0.6) is 0 Å². The fourth-order valence-corrected chi connectivity index (χ4v) is 3.48. The first-order chi connectivity index (χ1) is 9.40. The van der Waals surface area contributed by atoms with Crippen LogP contribution in [0.2, 0.25) is 0 Å². The normalized spacial score (nSPS) is 23.8. The molecular formula is C13H17F2NO3S. The molecule has 1 saturated carbocycles. The second kappa shape index (κ2) is 6.15. The Hall–Kier alpha value is -1.05. The molecule has 2 N–H and O–H groups in total. The number of nitrogens with one attached hydrogen (secondary N) is 1. The zero-order valence-electron chi connectivity index (χ0n) is 10.9. The molecule has 0 aliphatic heterocycles. The molecule has 7 heteroatoms. The van der Waals surface area contributed by atoms with Crippen LogP contribution in [0.25, 0.3) is 0 Å². The van der Waals surface area contributed by atoms with Crippen molar-refractivity contribution in [3.63, 3.8) is 0 Å². The second-order valence-corrected chi connectivity index (χ2v) is 6.81. The van der Waals surface area contributed by atoms with Crippen molar-refractivity contribution in [3.8, 4) is 0 Å². The highest BCUT2D eigenvalue weighted by atomic mass is 32.2. The molecule has 2 unspecified atom stereocenters. The van der Waals surface area contributed by atoms with Gasteiger partial charge in [-0.2, -0.15) is 0 Å². The fourth-order valence-electron chi connectivity index (χ4n) is 2.37. The topological polar surface area (TPSA) is 66.4 Å². The van der Waals surface area contributed by atoms with Crippen LogP contribution in [0.1, 0.15) is 25.7 Å². The van der Waals surface area contributed by atoms with Gasteiger partial charge < -0.3 is 5.11 Å². The molecule has 0 aromatic heterocycles. The molecule has 1 aromatic rings. The number of hydrogen-bond acceptors (Lipinski definition) is 3. The molecule has 20 heavy (non-hydrogen) atoms. The first-order valence-corrected chi connectivity index (χ1v) is 8.01. The van der Waals surface area contributed by atoms with Crippen molar-refractivity contribution in [3.05, 3.63) is 29.8 Å². The quantitative estimate of drug-likeness (QED) is 0.891. The zero-order chi connectivity index (χ0) is 14.8. The lowest BCUT2D eigenvalue weighted by molar-refractivity contribution is 0.0724. The van der Waals surface area contributed by atoms with Crippen LogP contribution < -0.4 is 4.72 Å². The Balaban J connectivity index is 2.05. The van der Waals surface area contributed by atoms with Crippen molar-refractivity contribution >= 4 is 10.0 Å². The van der Waals surface area contributed by atoms with Gasteiger partial charge in [-0.05, 0) is 37.0 Å². The fraction of sp³-hybridized carbons (Fsp3) is 0.538. The maximum atomic E-state index is 13.1. The van der Waals surface area contributed by atoms with E-state index >= 15 is 0 Å². The summed E-state index contributed by atoms with van der Waals surface area (Å²) < 4.78 is 52.1. The molecular weight excluding hydrogens is 288 g/mol. The highest BCUT2D eigenvalue weighted by Crippen LogP contribution is 2.24. The van der Waals surface area contributed by atoms with Gasteiger partial charge >= 0.3 is 0 Å². The Morgan fingerprint density at radius 1 is 1.20 bits per heavy atom. The molecule has 1 fully saturated rings. The average Bonchev–Trinajstić information content (AvgIpc) is 2.41. The maximum Gasteiger partial charge on any atom is 0.240 e. The van der Waals surface area contributed by atoms with Crippen LogP contribution in [0.3, 0.4) is 0 Å². The largest absolute Gasteiger partial charge is 0.393 e. The molecule has 0 radical (unpaired) electrons. The van der Waals surface area contributed by atoms with E-state index in [1.54, 1.807) is 0 Å². The van der Waals surface area contributed by atoms with Gasteiger partial charge in [0.25, 0.3) is 0 Å². The van der Waals surface area contributed by atoms with Crippen molar-refractivity contribution in [2.45, 2.75) is 36.7 Å². The third kappa shape index (κ3) is 3.53. The van der Waals surface area contributed by atoms with Gasteiger partial charge in [0.1, 0.15) is 0 Å². The number of aliphatic hydroxyl groups excluding tert-OH is 1. The average molecular weight is 305 g/mol. The minimum atomic E-state index is -3.89. The lowest BCUT2D eigenvalue weighted by Gasteiger charge is -2.27. The number of rotatable bonds is 4. The van der Waals surface area contributed by atoms with Gasteiger partial charge in [-0.1, -0.05) is 12.8 Å². The Morgan fingerprint density at radius 2 is 1.90 bits per heavy atom. The third-order valence-corrected chi connectivity index (χ3v) is 5.03. The molecule has 1 aliphatic rings. The van der Waals surface area contributed by atoms with Gasteiger partial charge in [-0.3, -0.25) is 0 Å². The van der Waals surface area contributed by atoms with E-state index in [1.165, 1.54) is 0 Å². The van der Waals surface area contributed by atoms with E-state index in [0.717, 1.165) is 31.4 Å². The van der Waals surface area contributed by atoms with Crippen LogP contribution >= 0.6 is 0 Å². The first-order valence-electron chi connectivity index (χ1n) is 6.53. The Labute approximate surface area is 116 Å². The van der Waals surface area contributed by atoms with Crippen molar-refractivity contribution in [1.29, 1.82) is 0 Å². The summed E-state index contributed by atoms with van der Waals surface area (Å²) in [5.74, 6) is -2.43. The number of benzene rings is 1. The molecule has 1 aliphatic carbocycles. The third-order valence-electron chi connectivity index (χ3n) is 3.61. The Kier molecular flexibility index (Phi) is 4.72. The van der Waals surface area contributed by atoms with E-state index in [-0.39, 0.29) is 17.4 Å². The molecule has 4 nitrogen and oxygen atoms in total. The van der Waals surface area contributed by atoms with E-state index < -0.39 is 27.8 Å². The number of aliphatic hydroxyl groups is 1. The molecule has 112 valence electrons. The van der Waals surface area contributed by atoms with Gasteiger partial charge in [-0.15, -0.1) is 0 Å². The molecule has 1 aromatic carbocycles. The van der Waals surface area contributed by atoms with E-state index in [0.29, 0.717) is 12.5 Å². The molecule has 0 amide bonds. The predicted molar refractivity (Wildman–Crippen MR) is 69.5 cm³/mol. The molecule has 0 bridgehead atoms. The lowest BCUT2D eigenvalue weighted by Crippen LogP contribution is -2.36. The van der Waals surface area contributed by atoms with Gasteiger partial charge in [-0.25, -0.2) is 21.9 Å². The Bertz CT molecular complexity index is 577. The van der Waals surface area contributed by atoms with Crippen LogP contribution in [0, 0.1) is 17.6 Å². The second-order valence-electron chi connectivity index (χ2n) is 5.04. The van der Waals surface area contributed by atoms with Crippen LogP contribution in [0.4, 0.5) is 8.78 Å². The SMILES string of the molecule is O=S(=O)(NCC1CCCCC1O)c1ccc(F)c(F)c1. The summed E-state index contributed by atoms with van der Waals surface area (Å²) in [5, 5.41) is 9.77. The van der Waals surface area contributed by atoms with Crippen molar-refractivity contribution in [2.75, 3.05) is 6.54 Å². The zero-order valence-corrected chi connectivity index (χ0v) is 11.7. The summed E-state index contributed by atoms with van der Waals surface area (Å²) in [6.45, 7) is 0.0997. The van der Waals surface area contributed by atoms with Crippen molar-refractivity contribution in [1.82, 2.24) is 4.72 Å². The number of hydrogen-bond donors (Lipinski definition) is 2. The van der Waals surface area contributed by atoms with Gasteiger partial charge in [0.05, 0.1) is 11.0 Å². The van der Waals surface area contributed by atoms with E-state index in [9.17, 15) is 22.3 Å². The van der Waals surface area contributed by atoms with E-state index in [1.807, 2.05) is 0 Å². The van der Waals surface area contributed by atoms with E-state index in [4.69, 9.17) is 0 Å². The van der Waals surface area contributed by atoms with E-state index in [2.05, 4.69) is 4.72 Å². The summed E-state index contributed by atoms with van der Waals surface area (Å²) in [5.41, 5.74) is 0. The number of sulfonamides is 1. The minimum absolute atomic E-state index is 0.0997. The molecule has 0 heterocycles. The van der Waals surface area contributed by atoms with Crippen LogP contribution in [-0.2, 0) is 10.0 Å². The maximum absolute atomic E-state index is 13.1. The summed E-state index contributed by atoms with van der Waals surface area (Å²) >= 11 is 0. The Morgan fingerprint density at radius 3 is 2.55 bits per heavy atom. The highest BCUT2D eigenvalue weighted by Gasteiger charge is 2.25. The summed E-state index contributed by atoms with van der Waals surface area (Å²) in [6, 6.07) is 2.44. The summed E-state index contributed by atoms with van der Waals surface area (Å²) in [4.78, 5) is -0.318. The van der Waals surface area contributed by atoms with Crippen molar-refractivity contribution in [2.24, 2.45) is 5.92 Å². The monoisotopic (exact) mass is 305 g/mol. The first kappa shape index (κ1) is 15.3. The molecule has 2 rings (SSSR count). The molecule has 2 atom stereocenters. The standard InChI is InChI=1S/C13H17F2NO3S/c14-11-6-5-10(7-12(11)15)20(18,19)16-8-9-3-1-2-4-13(9)17/h5-7,9,13,16-17H,1-4,8H2. The summed E-state index contributed by atoms with van der Waals surface area (Å²) in [6.07, 6.45) is 2.79. The number of halogens is 2. The lowest BCUT2D eigenvalue weighted by atomic mass is 9.87. The smallest absolute Gasteiger partial charge is 0.240 e. The predicted octanol–water partition coefficient (Wildman–Crippen LogP) is 1.79. The van der Waals surface area contributed by atoms with Gasteiger partial charge in [0.2, 0.25) is 10.0 Å². The summed E-state index contributed by atoms with van der Waals surface area (Å²) in [7, 11) is -3.89. The highest BCUT2D eigenvalue weighted by molar-refractivity contribution is 7.89. The van der Waals surface area contributed by atoms with Crippen LogP contribution in [0.15, 0.2) is 23.1 Å². The van der Waals surface area contributed by atoms with Crippen LogP contribution in [-0.4, -0.2) is 26.2 Å². The minimum Gasteiger partial charge on any atom is -0.393 e. The molecule has 0 spiro atoms. The van der Waals surface area contributed by atoms with Gasteiger partial charge in [0.15, 0.2) is 11.6 Å². The van der Waals surface area contributed by atoms with Gasteiger partial charge in [0, 0.05) is 6.54 Å². The molecule has 0 saturated heterocycles. The van der Waals surface area contributed by atoms with Crippen molar-refractivity contribution < 1.29 is 22.3 Å².